The average Bonchev–Trinajstić information content (AvgIpc) is 3.18. The van der Waals surface area contributed by atoms with Crippen molar-refractivity contribution in [2.45, 2.75) is 35.5 Å². The molecule has 0 radical (unpaired) electrons. The quantitative estimate of drug-likeness (QED) is 0.668. The Morgan fingerprint density at radius 2 is 1.55 bits per heavy atom. The molecule has 154 valence electrons. The lowest BCUT2D eigenvalue weighted by atomic mass is 9.90. The van der Waals surface area contributed by atoms with Crippen LogP contribution < -0.4 is 0 Å². The van der Waals surface area contributed by atoms with Crippen LogP contribution in [0.1, 0.15) is 31.2 Å². The zero-order valence-corrected chi connectivity index (χ0v) is 17.8. The Morgan fingerprint density at radius 3 is 2.21 bits per heavy atom. The minimum Gasteiger partial charge on any atom is -0.361 e. The Labute approximate surface area is 171 Å². The van der Waals surface area contributed by atoms with Crippen LogP contribution in [0.15, 0.2) is 64.5 Å². The molecule has 0 atom stereocenters. The Bertz CT molecular complexity index is 1220. The fourth-order valence-corrected chi connectivity index (χ4v) is 6.33. The maximum Gasteiger partial charge on any atom is 0.243 e. The summed E-state index contributed by atoms with van der Waals surface area (Å²) in [7, 11) is -6.98. The molecule has 2 heterocycles. The standard InChI is InChI=1S/C21H24N2O4S2/c1-2-28(24,25)17-7-9-18(10-8-17)29(26,27)23-13-11-16(12-14-23)20-15-22-21-6-4-3-5-19(20)21/h3-10,15-16,22H,2,11-14H2,1H3. The van der Waals surface area contributed by atoms with Gasteiger partial charge in [0.2, 0.25) is 10.0 Å². The van der Waals surface area contributed by atoms with E-state index in [1.807, 2.05) is 24.4 Å². The van der Waals surface area contributed by atoms with Gasteiger partial charge in [-0.15, -0.1) is 0 Å². The number of piperidine rings is 1. The number of fused-ring (bicyclic) bond motifs is 1. The van der Waals surface area contributed by atoms with Crippen LogP contribution in [-0.4, -0.2) is 45.0 Å². The summed E-state index contributed by atoms with van der Waals surface area (Å²) < 4.78 is 51.4. The number of nitrogens with one attached hydrogen (secondary N) is 1. The van der Waals surface area contributed by atoms with Gasteiger partial charge >= 0.3 is 0 Å². The van der Waals surface area contributed by atoms with Gasteiger partial charge in [-0.25, -0.2) is 16.8 Å². The van der Waals surface area contributed by atoms with E-state index < -0.39 is 19.9 Å². The molecule has 6 nitrogen and oxygen atoms in total. The Hall–Kier alpha value is -2.16. The average molecular weight is 433 g/mol. The topological polar surface area (TPSA) is 87.3 Å². The molecular weight excluding hydrogens is 408 g/mol. The van der Waals surface area contributed by atoms with Crippen LogP contribution in [0.3, 0.4) is 0 Å². The molecule has 29 heavy (non-hydrogen) atoms. The highest BCUT2D eigenvalue weighted by molar-refractivity contribution is 7.91. The van der Waals surface area contributed by atoms with Crippen LogP contribution in [-0.2, 0) is 19.9 Å². The van der Waals surface area contributed by atoms with Crippen LogP contribution in [0.4, 0.5) is 0 Å². The van der Waals surface area contributed by atoms with E-state index in [1.165, 1.54) is 39.5 Å². The summed E-state index contributed by atoms with van der Waals surface area (Å²) in [6.45, 7) is 2.46. The number of hydrogen-bond acceptors (Lipinski definition) is 4. The molecule has 1 N–H and O–H groups in total. The van der Waals surface area contributed by atoms with Crippen molar-refractivity contribution in [2.24, 2.45) is 0 Å². The summed E-state index contributed by atoms with van der Waals surface area (Å²) in [6.07, 6.45) is 3.54. The van der Waals surface area contributed by atoms with Crippen molar-refractivity contribution in [1.82, 2.24) is 9.29 Å². The molecule has 3 aromatic rings. The van der Waals surface area contributed by atoms with Gasteiger partial charge in [-0.3, -0.25) is 0 Å². The molecular formula is C21H24N2O4S2. The van der Waals surface area contributed by atoms with Crippen molar-refractivity contribution in [2.75, 3.05) is 18.8 Å². The first-order chi connectivity index (χ1) is 13.8. The number of sulfone groups is 1. The minimum atomic E-state index is -3.64. The van der Waals surface area contributed by atoms with Crippen molar-refractivity contribution in [3.63, 3.8) is 0 Å². The van der Waals surface area contributed by atoms with Crippen LogP contribution in [0.5, 0.6) is 0 Å². The SMILES string of the molecule is CCS(=O)(=O)c1ccc(S(=O)(=O)N2CCC(c3c[nH]c4ccccc34)CC2)cc1. The minimum absolute atomic E-state index is 0.0134. The van der Waals surface area contributed by atoms with Gasteiger partial charge in [-0.2, -0.15) is 4.31 Å². The van der Waals surface area contributed by atoms with E-state index in [1.54, 1.807) is 6.92 Å². The van der Waals surface area contributed by atoms with Gasteiger partial charge in [0.1, 0.15) is 0 Å². The Kier molecular flexibility index (Phi) is 5.27. The molecule has 1 aromatic heterocycles. The van der Waals surface area contributed by atoms with Crippen molar-refractivity contribution >= 4 is 30.8 Å². The number of H-pyrrole nitrogens is 1. The third-order valence-corrected chi connectivity index (χ3v) is 9.38. The second kappa shape index (κ2) is 7.59. The van der Waals surface area contributed by atoms with Crippen molar-refractivity contribution in [1.29, 1.82) is 0 Å². The summed E-state index contributed by atoms with van der Waals surface area (Å²) in [4.78, 5) is 3.58. The molecule has 1 saturated heterocycles. The van der Waals surface area contributed by atoms with Gasteiger partial charge in [0.15, 0.2) is 9.84 Å². The summed E-state index contributed by atoms with van der Waals surface area (Å²) in [5.74, 6) is 0.301. The number of nitrogens with zero attached hydrogens (tertiary/aromatic N) is 1. The molecule has 0 unspecified atom stereocenters. The second-order valence-electron chi connectivity index (χ2n) is 7.34. The largest absolute Gasteiger partial charge is 0.361 e. The zero-order chi connectivity index (χ0) is 20.6. The van der Waals surface area contributed by atoms with Gasteiger partial charge in [0.25, 0.3) is 0 Å². The lowest BCUT2D eigenvalue weighted by Gasteiger charge is -2.31. The third kappa shape index (κ3) is 3.72. The molecule has 1 aliphatic rings. The molecule has 1 fully saturated rings. The summed E-state index contributed by atoms with van der Waals surface area (Å²) >= 11 is 0. The first kappa shape index (κ1) is 20.1. The molecule has 1 aliphatic heterocycles. The number of para-hydroxylation sites is 1. The van der Waals surface area contributed by atoms with E-state index in [2.05, 4.69) is 11.1 Å². The number of aromatic amines is 1. The van der Waals surface area contributed by atoms with E-state index in [9.17, 15) is 16.8 Å². The molecule has 0 spiro atoms. The van der Waals surface area contributed by atoms with Crippen molar-refractivity contribution in [3.8, 4) is 0 Å². The third-order valence-electron chi connectivity index (χ3n) is 5.72. The number of aromatic nitrogens is 1. The van der Waals surface area contributed by atoms with Gasteiger partial charge < -0.3 is 4.98 Å². The molecule has 0 bridgehead atoms. The van der Waals surface area contributed by atoms with Crippen LogP contribution in [0.2, 0.25) is 0 Å². The van der Waals surface area contributed by atoms with E-state index in [-0.39, 0.29) is 15.5 Å². The lowest BCUT2D eigenvalue weighted by Crippen LogP contribution is -2.37. The molecule has 4 rings (SSSR count). The van der Waals surface area contributed by atoms with Gasteiger partial charge in [0.05, 0.1) is 15.5 Å². The highest BCUT2D eigenvalue weighted by Gasteiger charge is 2.31. The molecule has 0 amide bonds. The van der Waals surface area contributed by atoms with Crippen LogP contribution >= 0.6 is 0 Å². The molecule has 8 heteroatoms. The van der Waals surface area contributed by atoms with E-state index in [0.29, 0.717) is 19.0 Å². The maximum atomic E-state index is 13.0. The van der Waals surface area contributed by atoms with E-state index >= 15 is 0 Å². The summed E-state index contributed by atoms with van der Waals surface area (Å²) in [5, 5.41) is 1.20. The first-order valence-electron chi connectivity index (χ1n) is 9.72. The van der Waals surface area contributed by atoms with E-state index in [0.717, 1.165) is 18.4 Å². The van der Waals surface area contributed by atoms with Crippen LogP contribution in [0, 0.1) is 0 Å². The normalized spacial score (nSPS) is 17.0. The number of sulfonamides is 1. The molecule has 2 aromatic carbocycles. The number of benzene rings is 2. The van der Waals surface area contributed by atoms with E-state index in [4.69, 9.17) is 0 Å². The monoisotopic (exact) mass is 432 g/mol. The molecule has 0 saturated carbocycles. The fourth-order valence-electron chi connectivity index (χ4n) is 3.97. The van der Waals surface area contributed by atoms with Crippen molar-refractivity contribution in [3.05, 3.63) is 60.3 Å². The maximum absolute atomic E-state index is 13.0. The predicted molar refractivity (Wildman–Crippen MR) is 113 cm³/mol. The van der Waals surface area contributed by atoms with Gasteiger partial charge in [-0.1, -0.05) is 25.1 Å². The second-order valence-corrected chi connectivity index (χ2v) is 11.6. The fraction of sp³-hybridized carbons (Fsp3) is 0.333. The smallest absolute Gasteiger partial charge is 0.243 e. The Morgan fingerprint density at radius 1 is 0.931 bits per heavy atom. The zero-order valence-electron chi connectivity index (χ0n) is 16.2. The van der Waals surface area contributed by atoms with Crippen molar-refractivity contribution < 1.29 is 16.8 Å². The molecule has 0 aliphatic carbocycles. The lowest BCUT2D eigenvalue weighted by molar-refractivity contribution is 0.320. The van der Waals surface area contributed by atoms with Gasteiger partial charge in [-0.05, 0) is 54.7 Å². The first-order valence-corrected chi connectivity index (χ1v) is 12.8. The Balaban J connectivity index is 1.50. The summed E-state index contributed by atoms with van der Waals surface area (Å²) in [5.41, 5.74) is 2.34. The highest BCUT2D eigenvalue weighted by Crippen LogP contribution is 2.34. The van der Waals surface area contributed by atoms with Crippen LogP contribution in [0.25, 0.3) is 10.9 Å². The number of rotatable bonds is 5. The highest BCUT2D eigenvalue weighted by atomic mass is 32.2. The van der Waals surface area contributed by atoms with Gasteiger partial charge in [0, 0.05) is 30.2 Å². The summed E-state index contributed by atoms with van der Waals surface area (Å²) in [6, 6.07) is 13.7. The number of hydrogen-bond donors (Lipinski definition) is 1. The predicted octanol–water partition coefficient (Wildman–Crippen LogP) is 3.53.